The number of morpholine rings is 1. The summed E-state index contributed by atoms with van der Waals surface area (Å²) >= 11 is 0. The molecule has 2 N–H and O–H groups in total. The molecule has 3 aliphatic rings. The minimum atomic E-state index is -2.91. The molecule has 3 aliphatic heterocycles. The maximum Gasteiger partial charge on any atom is 0.281 e. The van der Waals surface area contributed by atoms with E-state index in [1.54, 1.807) is 11.0 Å². The monoisotopic (exact) mass is 656 g/mol. The number of hydrogen-bond acceptors (Lipinski definition) is 12. The van der Waals surface area contributed by atoms with Crippen LogP contribution in [-0.2, 0) is 19.1 Å². The number of amides is 2. The first-order valence-corrected chi connectivity index (χ1v) is 16.1. The highest BCUT2D eigenvalue weighted by Gasteiger charge is 2.33. The van der Waals surface area contributed by atoms with Crippen LogP contribution in [0.1, 0.15) is 58.1 Å². The normalized spacial score (nSPS) is 17.6. The molecule has 5 rings (SSSR count). The van der Waals surface area contributed by atoms with E-state index in [1.807, 2.05) is 28.5 Å². The molecule has 14 nitrogen and oxygen atoms in total. The molecule has 0 aliphatic carbocycles. The lowest BCUT2D eigenvalue weighted by Gasteiger charge is -2.38. The van der Waals surface area contributed by atoms with Crippen LogP contribution in [0, 0.1) is 5.92 Å². The number of carbonyl (C=O) groups excluding carboxylic acids is 3. The second-order valence-corrected chi connectivity index (χ2v) is 12.2. The van der Waals surface area contributed by atoms with E-state index in [0.717, 1.165) is 5.57 Å². The van der Waals surface area contributed by atoms with Gasteiger partial charge >= 0.3 is 0 Å². The predicted octanol–water partition coefficient (Wildman–Crippen LogP) is 2.28. The molecule has 0 spiro atoms. The van der Waals surface area contributed by atoms with E-state index in [9.17, 15) is 23.2 Å². The molecular weight excluding hydrogens is 614 g/mol. The van der Waals surface area contributed by atoms with Crippen LogP contribution in [0.3, 0.4) is 0 Å². The molecule has 3 saturated heterocycles. The molecule has 5 heterocycles. The Balaban J connectivity index is 1.19. The van der Waals surface area contributed by atoms with Gasteiger partial charge in [0.2, 0.25) is 29.7 Å². The summed E-state index contributed by atoms with van der Waals surface area (Å²) in [5, 5.41) is 0. The van der Waals surface area contributed by atoms with Crippen molar-refractivity contribution in [1.82, 2.24) is 34.7 Å². The van der Waals surface area contributed by atoms with Crippen LogP contribution in [-0.4, -0.2) is 118 Å². The van der Waals surface area contributed by atoms with Crippen LogP contribution in [0.15, 0.2) is 17.8 Å². The number of piperazine rings is 1. The molecule has 0 aromatic carbocycles. The molecule has 2 aromatic rings. The van der Waals surface area contributed by atoms with Crippen molar-refractivity contribution >= 4 is 35.4 Å². The number of carbonyl (C=O) groups is 3. The first kappa shape index (κ1) is 34.0. The van der Waals surface area contributed by atoms with Crippen molar-refractivity contribution in [2.24, 2.45) is 5.92 Å². The molecule has 0 bridgehead atoms. The summed E-state index contributed by atoms with van der Waals surface area (Å²) in [4.78, 5) is 66.9. The molecule has 47 heavy (non-hydrogen) atoms. The Morgan fingerprint density at radius 1 is 0.894 bits per heavy atom. The largest absolute Gasteiger partial charge is 0.378 e. The van der Waals surface area contributed by atoms with Crippen molar-refractivity contribution < 1.29 is 27.9 Å². The summed E-state index contributed by atoms with van der Waals surface area (Å²) in [6.07, 6.45) is 2.28. The summed E-state index contributed by atoms with van der Waals surface area (Å²) in [6.45, 7) is 8.58. The number of piperidine rings is 1. The zero-order chi connectivity index (χ0) is 33.5. The van der Waals surface area contributed by atoms with E-state index in [0.29, 0.717) is 110 Å². The highest BCUT2D eigenvalue weighted by atomic mass is 19.3. The van der Waals surface area contributed by atoms with Crippen molar-refractivity contribution in [3.05, 3.63) is 23.5 Å². The summed E-state index contributed by atoms with van der Waals surface area (Å²) in [5.74, 6) is 0.357. The third-order valence-corrected chi connectivity index (χ3v) is 8.52. The van der Waals surface area contributed by atoms with Crippen LogP contribution in [0.2, 0.25) is 0 Å². The molecule has 0 unspecified atom stereocenters. The fourth-order valence-corrected chi connectivity index (χ4v) is 6.00. The van der Waals surface area contributed by atoms with Gasteiger partial charge in [-0.3, -0.25) is 14.4 Å². The molecule has 0 radical (unpaired) electrons. The number of ketones is 1. The number of hydrogen-bond donors (Lipinski definition) is 1. The van der Waals surface area contributed by atoms with E-state index in [4.69, 9.17) is 10.5 Å². The SMILES string of the molecule is CC(C)=CC(=O)CCCC(=O)N1CCC(C(=O)N2CCN(c3nc(-c4cnc(N)nc4C(F)F)nc(N4CCOCC4)n3)CC2)CC1. The van der Waals surface area contributed by atoms with Gasteiger partial charge in [-0.15, -0.1) is 0 Å². The molecule has 0 atom stereocenters. The van der Waals surface area contributed by atoms with Gasteiger partial charge in [-0.1, -0.05) is 5.57 Å². The van der Waals surface area contributed by atoms with E-state index in [1.165, 1.54) is 6.20 Å². The second-order valence-electron chi connectivity index (χ2n) is 12.2. The van der Waals surface area contributed by atoms with Crippen LogP contribution >= 0.6 is 0 Å². The van der Waals surface area contributed by atoms with Crippen molar-refractivity contribution in [2.45, 2.75) is 52.4 Å². The average Bonchev–Trinajstić information content (AvgIpc) is 3.08. The summed E-state index contributed by atoms with van der Waals surface area (Å²) < 4.78 is 33.3. The summed E-state index contributed by atoms with van der Waals surface area (Å²) in [6, 6.07) is 0. The molecular formula is C31H42F2N10O4. The Hall–Kier alpha value is -4.34. The smallest absolute Gasteiger partial charge is 0.281 e. The zero-order valence-corrected chi connectivity index (χ0v) is 26.9. The van der Waals surface area contributed by atoms with E-state index >= 15 is 0 Å². The Morgan fingerprint density at radius 2 is 1.53 bits per heavy atom. The topological polar surface area (TPSA) is 164 Å². The number of halogens is 2. The molecule has 254 valence electrons. The first-order valence-electron chi connectivity index (χ1n) is 16.1. The van der Waals surface area contributed by atoms with Crippen molar-refractivity contribution in [3.63, 3.8) is 0 Å². The van der Waals surface area contributed by atoms with Gasteiger partial charge in [0.25, 0.3) is 6.43 Å². The number of aromatic nitrogens is 5. The van der Waals surface area contributed by atoms with Gasteiger partial charge in [0.1, 0.15) is 5.69 Å². The van der Waals surface area contributed by atoms with Gasteiger partial charge in [0, 0.05) is 77.3 Å². The lowest BCUT2D eigenvalue weighted by atomic mass is 9.94. The van der Waals surface area contributed by atoms with E-state index in [2.05, 4.69) is 24.9 Å². The van der Waals surface area contributed by atoms with Crippen LogP contribution in [0.4, 0.5) is 26.6 Å². The van der Waals surface area contributed by atoms with Gasteiger partial charge in [-0.2, -0.15) is 15.0 Å². The number of alkyl halides is 2. The molecule has 0 saturated carbocycles. The van der Waals surface area contributed by atoms with Gasteiger partial charge in [0.05, 0.1) is 18.8 Å². The number of anilines is 3. The maximum absolute atomic E-state index is 13.9. The van der Waals surface area contributed by atoms with Crippen LogP contribution in [0.25, 0.3) is 11.4 Å². The average molecular weight is 657 g/mol. The minimum Gasteiger partial charge on any atom is -0.378 e. The lowest BCUT2D eigenvalue weighted by molar-refractivity contribution is -0.141. The Bertz CT molecular complexity index is 1470. The maximum atomic E-state index is 13.9. The van der Waals surface area contributed by atoms with Gasteiger partial charge in [0.15, 0.2) is 11.6 Å². The number of nitrogen functional groups attached to an aromatic ring is 1. The fourth-order valence-electron chi connectivity index (χ4n) is 6.00. The quantitative estimate of drug-likeness (QED) is 0.372. The number of allylic oxidation sites excluding steroid dienone is 2. The fraction of sp³-hybridized carbons (Fsp3) is 0.613. The number of likely N-dealkylation sites (tertiary alicyclic amines) is 1. The van der Waals surface area contributed by atoms with Gasteiger partial charge in [-0.25, -0.2) is 18.7 Å². The highest BCUT2D eigenvalue weighted by molar-refractivity contribution is 5.90. The Labute approximate surface area is 272 Å². The first-order chi connectivity index (χ1) is 22.6. The zero-order valence-electron chi connectivity index (χ0n) is 26.9. The second kappa shape index (κ2) is 15.5. The Morgan fingerprint density at radius 3 is 2.15 bits per heavy atom. The number of nitrogens with zero attached hydrogens (tertiary/aromatic N) is 9. The standard InChI is InChI=1S/C31H42F2N10O4/c1-20(2)18-22(44)4-3-5-24(45)40-8-6-21(7-9-40)28(46)41-10-12-42(13-11-41)30-37-27(23-19-35-29(34)36-25(23)26(32)33)38-31(39-30)43-14-16-47-17-15-43/h18-19,21,26H,3-17H2,1-2H3,(H2,34,35,36). The van der Waals surface area contributed by atoms with Crippen molar-refractivity contribution in [1.29, 1.82) is 0 Å². The molecule has 16 heteroatoms. The predicted molar refractivity (Wildman–Crippen MR) is 170 cm³/mol. The third-order valence-electron chi connectivity index (χ3n) is 8.52. The van der Waals surface area contributed by atoms with Gasteiger partial charge in [-0.05, 0) is 39.2 Å². The Kier molecular flexibility index (Phi) is 11.2. The van der Waals surface area contributed by atoms with Gasteiger partial charge < -0.3 is 30.1 Å². The summed E-state index contributed by atoms with van der Waals surface area (Å²) in [5.41, 5.74) is 5.95. The third kappa shape index (κ3) is 8.73. The lowest BCUT2D eigenvalue weighted by Crippen LogP contribution is -2.52. The minimum absolute atomic E-state index is 0.0195. The van der Waals surface area contributed by atoms with E-state index in [-0.39, 0.29) is 40.9 Å². The molecule has 3 fully saturated rings. The van der Waals surface area contributed by atoms with Crippen molar-refractivity contribution in [3.8, 4) is 11.4 Å². The molecule has 2 amide bonds. The van der Waals surface area contributed by atoms with Crippen molar-refractivity contribution in [2.75, 3.05) is 81.1 Å². The number of nitrogens with two attached hydrogens (primary N) is 1. The highest BCUT2D eigenvalue weighted by Crippen LogP contribution is 2.30. The molecule has 2 aromatic heterocycles. The van der Waals surface area contributed by atoms with Crippen LogP contribution in [0.5, 0.6) is 0 Å². The van der Waals surface area contributed by atoms with E-state index < -0.39 is 12.1 Å². The number of ether oxygens (including phenoxy) is 1. The van der Waals surface area contributed by atoms with Crippen LogP contribution < -0.4 is 15.5 Å². The number of rotatable bonds is 10. The summed E-state index contributed by atoms with van der Waals surface area (Å²) in [7, 11) is 0.